The standard InChI is InChI=1S/C19H21N3O2/c1-2-3-11-23-18-9-8-15(13-20-18)10-12-24-19-16-6-4-5-7-17(16)21-14-22-19/h4-9,13-14H,2-3,10-12H2,1H3. The van der Waals surface area contributed by atoms with Gasteiger partial charge in [-0.15, -0.1) is 0 Å². The maximum absolute atomic E-state index is 5.82. The van der Waals surface area contributed by atoms with E-state index in [1.807, 2.05) is 42.6 Å². The number of nitrogens with zero attached hydrogens (tertiary/aromatic N) is 3. The quantitative estimate of drug-likeness (QED) is 0.590. The fraction of sp³-hybridized carbons (Fsp3) is 0.316. The third kappa shape index (κ3) is 4.19. The lowest BCUT2D eigenvalue weighted by atomic mass is 10.2. The zero-order valence-corrected chi connectivity index (χ0v) is 13.8. The van der Waals surface area contributed by atoms with E-state index in [1.54, 1.807) is 0 Å². The molecule has 0 spiro atoms. The summed E-state index contributed by atoms with van der Waals surface area (Å²) >= 11 is 0. The largest absolute Gasteiger partial charge is 0.478 e. The van der Waals surface area contributed by atoms with E-state index in [0.717, 1.165) is 35.7 Å². The summed E-state index contributed by atoms with van der Waals surface area (Å²) in [6.45, 7) is 3.40. The summed E-state index contributed by atoms with van der Waals surface area (Å²) in [5, 5.41) is 0.929. The van der Waals surface area contributed by atoms with Crippen LogP contribution in [0.2, 0.25) is 0 Å². The van der Waals surface area contributed by atoms with Gasteiger partial charge in [0.1, 0.15) is 6.33 Å². The van der Waals surface area contributed by atoms with Crippen molar-refractivity contribution in [1.82, 2.24) is 15.0 Å². The number of aromatic nitrogens is 3. The van der Waals surface area contributed by atoms with E-state index in [-0.39, 0.29) is 0 Å². The van der Waals surface area contributed by atoms with Crippen LogP contribution in [0.1, 0.15) is 25.3 Å². The summed E-state index contributed by atoms with van der Waals surface area (Å²) in [7, 11) is 0. The minimum absolute atomic E-state index is 0.540. The lowest BCUT2D eigenvalue weighted by molar-refractivity contribution is 0.296. The van der Waals surface area contributed by atoms with Crippen molar-refractivity contribution in [3.8, 4) is 11.8 Å². The van der Waals surface area contributed by atoms with Crippen molar-refractivity contribution in [2.24, 2.45) is 0 Å². The summed E-state index contributed by atoms with van der Waals surface area (Å²) in [5.41, 5.74) is 1.99. The average molecular weight is 323 g/mol. The van der Waals surface area contributed by atoms with Crippen molar-refractivity contribution < 1.29 is 9.47 Å². The molecule has 0 N–H and O–H groups in total. The second kappa shape index (κ2) is 8.24. The first kappa shape index (κ1) is 16.2. The van der Waals surface area contributed by atoms with E-state index in [9.17, 15) is 0 Å². The Hall–Kier alpha value is -2.69. The minimum atomic E-state index is 0.540. The average Bonchev–Trinajstić information content (AvgIpc) is 2.63. The van der Waals surface area contributed by atoms with Gasteiger partial charge < -0.3 is 9.47 Å². The Labute approximate surface area is 141 Å². The Morgan fingerprint density at radius 2 is 1.83 bits per heavy atom. The summed E-state index contributed by atoms with van der Waals surface area (Å²) in [6, 6.07) is 11.8. The molecular weight excluding hydrogens is 302 g/mol. The van der Waals surface area contributed by atoms with Crippen LogP contribution in [0.3, 0.4) is 0 Å². The van der Waals surface area contributed by atoms with Crippen molar-refractivity contribution in [3.63, 3.8) is 0 Å². The summed E-state index contributed by atoms with van der Waals surface area (Å²) < 4.78 is 11.4. The third-order valence-corrected chi connectivity index (χ3v) is 3.68. The van der Waals surface area contributed by atoms with Crippen LogP contribution in [0.25, 0.3) is 10.9 Å². The number of benzene rings is 1. The van der Waals surface area contributed by atoms with Gasteiger partial charge >= 0.3 is 0 Å². The smallest absolute Gasteiger partial charge is 0.224 e. The van der Waals surface area contributed by atoms with Crippen LogP contribution in [-0.2, 0) is 6.42 Å². The summed E-state index contributed by atoms with van der Waals surface area (Å²) in [4.78, 5) is 12.8. The number of hydrogen-bond donors (Lipinski definition) is 0. The minimum Gasteiger partial charge on any atom is -0.478 e. The SMILES string of the molecule is CCCCOc1ccc(CCOc2ncnc3ccccc23)cn1. The van der Waals surface area contributed by atoms with Crippen molar-refractivity contribution in [2.75, 3.05) is 13.2 Å². The molecular formula is C19H21N3O2. The van der Waals surface area contributed by atoms with Gasteiger partial charge in [0, 0.05) is 18.7 Å². The molecule has 24 heavy (non-hydrogen) atoms. The molecule has 0 radical (unpaired) electrons. The first-order chi connectivity index (χ1) is 11.9. The molecule has 0 unspecified atom stereocenters. The van der Waals surface area contributed by atoms with Crippen molar-refractivity contribution in [1.29, 1.82) is 0 Å². The lowest BCUT2D eigenvalue weighted by Gasteiger charge is -2.08. The second-order valence-electron chi connectivity index (χ2n) is 5.50. The topological polar surface area (TPSA) is 57.1 Å². The number of pyridine rings is 1. The molecule has 0 aliphatic heterocycles. The molecule has 3 rings (SSSR count). The second-order valence-corrected chi connectivity index (χ2v) is 5.50. The fourth-order valence-corrected chi connectivity index (χ4v) is 2.33. The van der Waals surface area contributed by atoms with Crippen LogP contribution in [0.4, 0.5) is 0 Å². The molecule has 2 aromatic heterocycles. The van der Waals surface area contributed by atoms with E-state index < -0.39 is 0 Å². The highest BCUT2D eigenvalue weighted by molar-refractivity contribution is 5.82. The Morgan fingerprint density at radius 1 is 0.917 bits per heavy atom. The first-order valence-electron chi connectivity index (χ1n) is 8.27. The molecule has 124 valence electrons. The highest BCUT2D eigenvalue weighted by Gasteiger charge is 2.04. The number of fused-ring (bicyclic) bond motifs is 1. The van der Waals surface area contributed by atoms with Gasteiger partial charge in [0.2, 0.25) is 11.8 Å². The Morgan fingerprint density at radius 3 is 2.67 bits per heavy atom. The Balaban J connectivity index is 1.54. The monoisotopic (exact) mass is 323 g/mol. The van der Waals surface area contributed by atoms with Crippen molar-refractivity contribution in [3.05, 3.63) is 54.5 Å². The Bertz CT molecular complexity index is 770. The highest BCUT2D eigenvalue weighted by Crippen LogP contribution is 2.20. The molecule has 0 aliphatic rings. The maximum atomic E-state index is 5.82. The molecule has 5 nitrogen and oxygen atoms in total. The first-order valence-corrected chi connectivity index (χ1v) is 8.27. The van der Waals surface area contributed by atoms with E-state index in [2.05, 4.69) is 21.9 Å². The summed E-state index contributed by atoms with van der Waals surface area (Å²) in [6.07, 6.45) is 6.29. The van der Waals surface area contributed by atoms with E-state index in [4.69, 9.17) is 9.47 Å². The van der Waals surface area contributed by atoms with E-state index in [1.165, 1.54) is 6.33 Å². The molecule has 5 heteroatoms. The number of ether oxygens (including phenoxy) is 2. The molecule has 1 aromatic carbocycles. The number of unbranched alkanes of at least 4 members (excludes halogenated alkanes) is 1. The number of rotatable bonds is 8. The van der Waals surface area contributed by atoms with Crippen LogP contribution in [-0.4, -0.2) is 28.2 Å². The van der Waals surface area contributed by atoms with Gasteiger partial charge in [0.25, 0.3) is 0 Å². The molecule has 0 fully saturated rings. The number of hydrogen-bond acceptors (Lipinski definition) is 5. The molecule has 0 amide bonds. The molecule has 0 bridgehead atoms. The highest BCUT2D eigenvalue weighted by atomic mass is 16.5. The van der Waals surface area contributed by atoms with Gasteiger partial charge in [0.05, 0.1) is 24.1 Å². The molecule has 0 saturated heterocycles. The van der Waals surface area contributed by atoms with E-state index >= 15 is 0 Å². The molecule has 3 aromatic rings. The van der Waals surface area contributed by atoms with Gasteiger partial charge in [-0.1, -0.05) is 31.5 Å². The summed E-state index contributed by atoms with van der Waals surface area (Å²) in [5.74, 6) is 1.29. The van der Waals surface area contributed by atoms with E-state index in [0.29, 0.717) is 25.0 Å². The maximum Gasteiger partial charge on any atom is 0.224 e. The van der Waals surface area contributed by atoms with Crippen LogP contribution in [0, 0.1) is 0 Å². The fourth-order valence-electron chi connectivity index (χ4n) is 2.33. The third-order valence-electron chi connectivity index (χ3n) is 3.68. The van der Waals surface area contributed by atoms with Gasteiger partial charge in [0.15, 0.2) is 0 Å². The van der Waals surface area contributed by atoms with Crippen molar-refractivity contribution in [2.45, 2.75) is 26.2 Å². The van der Waals surface area contributed by atoms with Gasteiger partial charge in [-0.3, -0.25) is 0 Å². The van der Waals surface area contributed by atoms with Gasteiger partial charge in [-0.25, -0.2) is 15.0 Å². The van der Waals surface area contributed by atoms with Crippen LogP contribution >= 0.6 is 0 Å². The molecule has 0 aliphatic carbocycles. The lowest BCUT2D eigenvalue weighted by Crippen LogP contribution is -2.04. The van der Waals surface area contributed by atoms with Crippen LogP contribution in [0.15, 0.2) is 48.9 Å². The van der Waals surface area contributed by atoms with Gasteiger partial charge in [-0.2, -0.15) is 0 Å². The van der Waals surface area contributed by atoms with Crippen LogP contribution < -0.4 is 9.47 Å². The van der Waals surface area contributed by atoms with Crippen LogP contribution in [0.5, 0.6) is 11.8 Å². The zero-order chi connectivity index (χ0) is 16.6. The molecule has 0 saturated carbocycles. The molecule has 2 heterocycles. The predicted octanol–water partition coefficient (Wildman–Crippen LogP) is 3.83. The normalized spacial score (nSPS) is 10.7. The predicted molar refractivity (Wildman–Crippen MR) is 93.4 cm³/mol. The van der Waals surface area contributed by atoms with Gasteiger partial charge in [-0.05, 0) is 24.1 Å². The Kier molecular flexibility index (Phi) is 5.56. The number of para-hydroxylation sites is 1. The zero-order valence-electron chi connectivity index (χ0n) is 13.8. The molecule has 0 atom stereocenters. The van der Waals surface area contributed by atoms with Crippen molar-refractivity contribution >= 4 is 10.9 Å².